The average molecular weight is 488 g/mol. The van der Waals surface area contributed by atoms with Crippen molar-refractivity contribution >= 4 is 34.2 Å². The Bertz CT molecular complexity index is 1550. The average Bonchev–Trinajstić information content (AvgIpc) is 3.50. The quantitative estimate of drug-likeness (QED) is 0.419. The number of rotatable bonds is 4. The number of aromatic amines is 1. The first-order valence-corrected chi connectivity index (χ1v) is 11.5. The van der Waals surface area contributed by atoms with Crippen LogP contribution in [0.1, 0.15) is 19.4 Å². The Balaban J connectivity index is 1.52. The maximum Gasteiger partial charge on any atom is 0.298 e. The molecule has 0 radical (unpaired) electrons. The molecule has 1 fully saturated rings. The number of hydrogen-bond donors (Lipinski definition) is 2. The molecule has 1 amide bonds. The number of nitrogen functional groups attached to an aromatic ring is 1. The maximum atomic E-state index is 12.8. The zero-order valence-corrected chi connectivity index (χ0v) is 19.7. The van der Waals surface area contributed by atoms with E-state index in [9.17, 15) is 9.59 Å². The third kappa shape index (κ3) is 4.22. The van der Waals surface area contributed by atoms with Crippen molar-refractivity contribution in [2.75, 3.05) is 18.8 Å². The molecular formula is C26H22ClN5O3. The van der Waals surface area contributed by atoms with Gasteiger partial charge in [-0.2, -0.15) is 5.10 Å². The number of aromatic nitrogens is 3. The molecule has 1 atom stereocenters. The van der Waals surface area contributed by atoms with Crippen LogP contribution in [0.4, 0.5) is 5.82 Å². The van der Waals surface area contributed by atoms with Crippen LogP contribution in [0.3, 0.4) is 0 Å². The molecule has 2 aromatic heterocycles. The number of amides is 1. The second-order valence-corrected chi connectivity index (χ2v) is 8.64. The molecule has 5 rings (SSSR count). The third-order valence-corrected chi connectivity index (χ3v) is 6.40. The number of fused-ring (bicyclic) bond motifs is 1. The summed E-state index contributed by atoms with van der Waals surface area (Å²) in [6.07, 6.45) is 2.61. The molecule has 1 aliphatic rings. The van der Waals surface area contributed by atoms with Crippen LogP contribution in [0.25, 0.3) is 22.0 Å². The van der Waals surface area contributed by atoms with Gasteiger partial charge in [-0.05, 0) is 49.1 Å². The van der Waals surface area contributed by atoms with E-state index < -0.39 is 0 Å². The van der Waals surface area contributed by atoms with Gasteiger partial charge in [-0.25, -0.2) is 5.10 Å². The smallest absolute Gasteiger partial charge is 0.298 e. The Morgan fingerprint density at radius 1 is 1.23 bits per heavy atom. The molecule has 176 valence electrons. The van der Waals surface area contributed by atoms with Gasteiger partial charge in [0.2, 0.25) is 0 Å². The molecule has 0 saturated carbocycles. The van der Waals surface area contributed by atoms with E-state index in [0.717, 1.165) is 11.1 Å². The predicted molar refractivity (Wildman–Crippen MR) is 135 cm³/mol. The summed E-state index contributed by atoms with van der Waals surface area (Å²) in [4.78, 5) is 26.8. The van der Waals surface area contributed by atoms with Gasteiger partial charge in [-0.3, -0.25) is 9.59 Å². The number of para-hydroxylation sites is 1. The standard InChI is InChI=1S/C26H22ClN5O3/c1-2-5-22(33)31-13-12-17(14-31)32-15-19(23-24(32)26(34)30-29-25(23)28)16-8-10-18(11-9-16)35-21-7-4-3-6-20(21)27/h3-4,6-11,15,17H,12-14H2,1H3,(H2,28,29)(H,30,34)/t17-/m1/s1. The van der Waals surface area contributed by atoms with Crippen molar-refractivity contribution in [1.29, 1.82) is 0 Å². The van der Waals surface area contributed by atoms with Crippen LogP contribution in [0.5, 0.6) is 11.5 Å². The predicted octanol–water partition coefficient (Wildman–Crippen LogP) is 4.22. The van der Waals surface area contributed by atoms with E-state index in [1.807, 2.05) is 47.2 Å². The second kappa shape index (κ2) is 9.20. The summed E-state index contributed by atoms with van der Waals surface area (Å²) in [5, 5.41) is 7.56. The van der Waals surface area contributed by atoms with Gasteiger partial charge in [-0.15, -0.1) is 0 Å². The van der Waals surface area contributed by atoms with Crippen LogP contribution in [-0.2, 0) is 4.79 Å². The van der Waals surface area contributed by atoms with Crippen molar-refractivity contribution in [2.24, 2.45) is 0 Å². The van der Waals surface area contributed by atoms with Crippen LogP contribution < -0.4 is 16.0 Å². The number of nitrogens with two attached hydrogens (primary N) is 1. The first-order chi connectivity index (χ1) is 17.0. The van der Waals surface area contributed by atoms with Crippen LogP contribution >= 0.6 is 11.6 Å². The minimum atomic E-state index is -0.336. The van der Waals surface area contributed by atoms with Crippen molar-refractivity contribution in [3.05, 3.63) is 70.1 Å². The highest BCUT2D eigenvalue weighted by Gasteiger charge is 2.29. The SMILES string of the molecule is CC#CC(=O)N1CC[C@@H](n2cc(-c3ccc(Oc4ccccc4Cl)cc3)c3c(N)n[nH]c(=O)c32)C1. The fourth-order valence-electron chi connectivity index (χ4n) is 4.44. The van der Waals surface area contributed by atoms with Crippen LogP contribution in [0.2, 0.25) is 5.02 Å². The Kier molecular flexibility index (Phi) is 5.93. The first kappa shape index (κ1) is 22.6. The van der Waals surface area contributed by atoms with Crippen LogP contribution in [0.15, 0.2) is 59.5 Å². The molecule has 0 unspecified atom stereocenters. The molecule has 0 aliphatic carbocycles. The van der Waals surface area contributed by atoms with Gasteiger partial charge in [-0.1, -0.05) is 41.8 Å². The van der Waals surface area contributed by atoms with Gasteiger partial charge in [0.05, 0.1) is 16.5 Å². The fourth-order valence-corrected chi connectivity index (χ4v) is 4.61. The summed E-state index contributed by atoms with van der Waals surface area (Å²) in [6.45, 7) is 2.67. The second-order valence-electron chi connectivity index (χ2n) is 8.24. The molecule has 2 aromatic carbocycles. The first-order valence-electron chi connectivity index (χ1n) is 11.1. The molecule has 8 nitrogen and oxygen atoms in total. The lowest BCUT2D eigenvalue weighted by Gasteiger charge is -2.15. The Morgan fingerprint density at radius 3 is 2.74 bits per heavy atom. The Hall–Kier alpha value is -4.22. The summed E-state index contributed by atoms with van der Waals surface area (Å²) >= 11 is 6.20. The normalized spacial score (nSPS) is 15.1. The molecule has 0 bridgehead atoms. The summed E-state index contributed by atoms with van der Waals surface area (Å²) in [7, 11) is 0. The highest BCUT2D eigenvalue weighted by molar-refractivity contribution is 6.32. The summed E-state index contributed by atoms with van der Waals surface area (Å²) < 4.78 is 7.80. The molecule has 3 heterocycles. The largest absolute Gasteiger partial charge is 0.456 e. The molecular weight excluding hydrogens is 466 g/mol. The highest BCUT2D eigenvalue weighted by atomic mass is 35.5. The number of likely N-dealkylation sites (tertiary alicyclic amines) is 1. The summed E-state index contributed by atoms with van der Waals surface area (Å²) in [5.41, 5.74) is 7.95. The monoisotopic (exact) mass is 487 g/mol. The van der Waals surface area contributed by atoms with Crippen molar-refractivity contribution in [3.8, 4) is 34.5 Å². The highest BCUT2D eigenvalue weighted by Crippen LogP contribution is 2.37. The van der Waals surface area contributed by atoms with E-state index in [-0.39, 0.29) is 23.3 Å². The van der Waals surface area contributed by atoms with E-state index in [1.165, 1.54) is 0 Å². The number of carbonyl (C=O) groups excluding carboxylic acids is 1. The molecule has 1 saturated heterocycles. The van der Waals surface area contributed by atoms with E-state index in [1.54, 1.807) is 24.0 Å². The molecule has 3 N–H and O–H groups in total. The van der Waals surface area contributed by atoms with Crippen LogP contribution in [-0.4, -0.2) is 38.7 Å². The fraction of sp³-hybridized carbons (Fsp3) is 0.192. The number of halogens is 1. The molecule has 1 aliphatic heterocycles. The van der Waals surface area contributed by atoms with Gasteiger partial charge < -0.3 is 19.9 Å². The molecule has 35 heavy (non-hydrogen) atoms. The number of ether oxygens (including phenoxy) is 1. The minimum absolute atomic E-state index is 0.0837. The third-order valence-electron chi connectivity index (χ3n) is 6.09. The zero-order chi connectivity index (χ0) is 24.5. The number of nitrogens with zero attached hydrogens (tertiary/aromatic N) is 3. The molecule has 0 spiro atoms. The molecule has 4 aromatic rings. The number of anilines is 1. The number of carbonyl (C=O) groups is 1. The topological polar surface area (TPSA) is 106 Å². The lowest BCUT2D eigenvalue weighted by molar-refractivity contribution is -0.124. The van der Waals surface area contributed by atoms with Gasteiger partial charge in [0, 0.05) is 24.8 Å². The Labute approximate surface area is 206 Å². The summed E-state index contributed by atoms with van der Waals surface area (Å²) in [5.74, 6) is 6.43. The minimum Gasteiger partial charge on any atom is -0.456 e. The van der Waals surface area contributed by atoms with Crippen molar-refractivity contribution in [1.82, 2.24) is 19.7 Å². The van der Waals surface area contributed by atoms with Gasteiger partial charge in [0.25, 0.3) is 11.5 Å². The summed E-state index contributed by atoms with van der Waals surface area (Å²) in [6, 6.07) is 14.6. The lowest BCUT2D eigenvalue weighted by atomic mass is 10.1. The maximum absolute atomic E-state index is 12.8. The van der Waals surface area contributed by atoms with E-state index in [0.29, 0.717) is 46.9 Å². The number of benzene rings is 2. The van der Waals surface area contributed by atoms with Crippen molar-refractivity contribution in [2.45, 2.75) is 19.4 Å². The number of hydrogen-bond acceptors (Lipinski definition) is 5. The van der Waals surface area contributed by atoms with E-state index >= 15 is 0 Å². The zero-order valence-electron chi connectivity index (χ0n) is 18.9. The van der Waals surface area contributed by atoms with Gasteiger partial charge >= 0.3 is 0 Å². The Morgan fingerprint density at radius 2 is 2.00 bits per heavy atom. The van der Waals surface area contributed by atoms with Crippen LogP contribution in [0, 0.1) is 11.8 Å². The van der Waals surface area contributed by atoms with Gasteiger partial charge in [0.1, 0.15) is 17.0 Å². The number of nitrogens with one attached hydrogen (secondary N) is 1. The van der Waals surface area contributed by atoms with E-state index in [4.69, 9.17) is 22.1 Å². The number of H-pyrrole nitrogens is 1. The van der Waals surface area contributed by atoms with E-state index in [2.05, 4.69) is 22.0 Å². The van der Waals surface area contributed by atoms with Gasteiger partial charge in [0.15, 0.2) is 5.82 Å². The van der Waals surface area contributed by atoms with Crippen molar-refractivity contribution in [3.63, 3.8) is 0 Å². The lowest BCUT2D eigenvalue weighted by Crippen LogP contribution is -2.28. The molecule has 9 heteroatoms. The van der Waals surface area contributed by atoms with Crippen molar-refractivity contribution < 1.29 is 9.53 Å².